The van der Waals surface area contributed by atoms with Gasteiger partial charge in [0.1, 0.15) is 0 Å². The summed E-state index contributed by atoms with van der Waals surface area (Å²) in [6, 6.07) is 8.79. The summed E-state index contributed by atoms with van der Waals surface area (Å²) < 4.78 is 1.71. The molecule has 0 bridgehead atoms. The lowest BCUT2D eigenvalue weighted by Crippen LogP contribution is -2.11. The van der Waals surface area contributed by atoms with Crippen LogP contribution >= 0.6 is 11.6 Å². The first kappa shape index (κ1) is 14.5. The van der Waals surface area contributed by atoms with Crippen LogP contribution in [0.4, 0.5) is 0 Å². The number of carbonyl (C=O) groups is 1. The molecule has 1 aromatic carbocycles. The van der Waals surface area contributed by atoms with Crippen molar-refractivity contribution in [2.45, 2.75) is 19.8 Å². The third kappa shape index (κ3) is 2.33. The fourth-order valence-electron chi connectivity index (χ4n) is 2.40. The molecule has 2 N–H and O–H groups in total. The topological polar surface area (TPSA) is 73.8 Å². The summed E-state index contributed by atoms with van der Waals surface area (Å²) in [7, 11) is 0. The van der Waals surface area contributed by atoms with Crippen molar-refractivity contribution in [2.24, 2.45) is 5.73 Å². The number of halogens is 1. The summed E-state index contributed by atoms with van der Waals surface area (Å²) >= 11 is 6.30. The van der Waals surface area contributed by atoms with E-state index < -0.39 is 5.91 Å². The number of amides is 1. The van der Waals surface area contributed by atoms with Crippen molar-refractivity contribution in [2.75, 3.05) is 0 Å². The summed E-state index contributed by atoms with van der Waals surface area (Å²) in [5.74, 6) is -0.253. The second kappa shape index (κ2) is 5.42. The molecule has 0 saturated heterocycles. The van der Waals surface area contributed by atoms with Crippen molar-refractivity contribution < 1.29 is 4.79 Å². The highest BCUT2D eigenvalue weighted by Gasteiger charge is 2.17. The number of aromatic nitrogens is 3. The molecule has 112 valence electrons. The highest BCUT2D eigenvalue weighted by molar-refractivity contribution is 6.32. The third-order valence-electron chi connectivity index (χ3n) is 3.48. The largest absolute Gasteiger partial charge is 0.366 e. The summed E-state index contributed by atoms with van der Waals surface area (Å²) in [4.78, 5) is 15.6. The van der Waals surface area contributed by atoms with Crippen molar-refractivity contribution in [3.8, 4) is 5.69 Å². The molecule has 0 saturated carbocycles. The van der Waals surface area contributed by atoms with Gasteiger partial charge in [-0.3, -0.25) is 4.79 Å². The Balaban J connectivity index is 2.25. The maximum Gasteiger partial charge on any atom is 0.248 e. The van der Waals surface area contributed by atoms with Crippen LogP contribution in [0.1, 0.15) is 35.8 Å². The molecule has 0 aliphatic carbocycles. The van der Waals surface area contributed by atoms with Gasteiger partial charge in [0, 0.05) is 17.1 Å². The lowest BCUT2D eigenvalue weighted by Gasteiger charge is -2.06. The molecule has 0 aliphatic rings. The first-order valence-corrected chi connectivity index (χ1v) is 7.30. The standard InChI is InChI=1S/C16H15ClN4O/c1-9(2)14-11-4-3-7-19-16(11)21(20-14)13-6-5-10(15(18)22)8-12(13)17/h3-9H,1-2H3,(H2,18,22). The van der Waals surface area contributed by atoms with Crippen molar-refractivity contribution in [3.05, 3.63) is 52.8 Å². The lowest BCUT2D eigenvalue weighted by molar-refractivity contribution is 0.100. The summed E-state index contributed by atoms with van der Waals surface area (Å²) in [6.45, 7) is 4.16. The molecule has 3 rings (SSSR count). The van der Waals surface area contributed by atoms with Crippen LogP contribution in [0.5, 0.6) is 0 Å². The highest BCUT2D eigenvalue weighted by atomic mass is 35.5. The van der Waals surface area contributed by atoms with Crippen LogP contribution in [0, 0.1) is 0 Å². The maximum absolute atomic E-state index is 11.2. The van der Waals surface area contributed by atoms with E-state index >= 15 is 0 Å². The summed E-state index contributed by atoms with van der Waals surface area (Å²) in [5.41, 5.74) is 8.00. The van der Waals surface area contributed by atoms with Gasteiger partial charge in [-0.2, -0.15) is 5.10 Å². The van der Waals surface area contributed by atoms with Gasteiger partial charge in [0.2, 0.25) is 5.91 Å². The molecule has 0 atom stereocenters. The van der Waals surface area contributed by atoms with Gasteiger partial charge in [0.25, 0.3) is 0 Å². The molecule has 1 amide bonds. The average Bonchev–Trinajstić information content (AvgIpc) is 2.87. The highest BCUT2D eigenvalue weighted by Crippen LogP contribution is 2.29. The Labute approximate surface area is 132 Å². The molecular formula is C16H15ClN4O. The molecule has 5 nitrogen and oxygen atoms in total. The van der Waals surface area contributed by atoms with E-state index in [4.69, 9.17) is 17.3 Å². The normalized spacial score (nSPS) is 11.3. The molecule has 0 radical (unpaired) electrons. The Morgan fingerprint density at radius 2 is 2.09 bits per heavy atom. The van der Waals surface area contributed by atoms with E-state index in [1.807, 2.05) is 12.1 Å². The summed E-state index contributed by atoms with van der Waals surface area (Å²) in [5, 5.41) is 6.05. The van der Waals surface area contributed by atoms with Crippen LogP contribution in [-0.2, 0) is 0 Å². The van der Waals surface area contributed by atoms with Gasteiger partial charge >= 0.3 is 0 Å². The van der Waals surface area contributed by atoms with Gasteiger partial charge in [-0.05, 0) is 36.2 Å². The van der Waals surface area contributed by atoms with Crippen LogP contribution in [0.3, 0.4) is 0 Å². The second-order valence-corrected chi connectivity index (χ2v) is 5.76. The monoisotopic (exact) mass is 314 g/mol. The van der Waals surface area contributed by atoms with Crippen LogP contribution in [0.15, 0.2) is 36.5 Å². The molecule has 2 aromatic heterocycles. The molecule has 3 aromatic rings. The number of pyridine rings is 1. The second-order valence-electron chi connectivity index (χ2n) is 5.36. The number of fused-ring (bicyclic) bond motifs is 1. The molecule has 22 heavy (non-hydrogen) atoms. The molecule has 2 heterocycles. The third-order valence-corrected chi connectivity index (χ3v) is 3.78. The Morgan fingerprint density at radius 1 is 1.32 bits per heavy atom. The van der Waals surface area contributed by atoms with E-state index in [1.165, 1.54) is 0 Å². The smallest absolute Gasteiger partial charge is 0.248 e. The van der Waals surface area contributed by atoms with Crippen LogP contribution in [0.2, 0.25) is 5.02 Å². The van der Waals surface area contributed by atoms with E-state index in [0.717, 1.165) is 16.7 Å². The van der Waals surface area contributed by atoms with Crippen molar-refractivity contribution >= 4 is 28.5 Å². The lowest BCUT2D eigenvalue weighted by atomic mass is 10.1. The number of rotatable bonds is 3. The fraction of sp³-hybridized carbons (Fsp3) is 0.188. The van der Waals surface area contributed by atoms with Gasteiger partial charge in [-0.1, -0.05) is 25.4 Å². The van der Waals surface area contributed by atoms with Crippen LogP contribution < -0.4 is 5.73 Å². The Hall–Kier alpha value is -2.40. The Morgan fingerprint density at radius 3 is 2.73 bits per heavy atom. The van der Waals surface area contributed by atoms with Crippen molar-refractivity contribution in [1.29, 1.82) is 0 Å². The van der Waals surface area contributed by atoms with E-state index in [-0.39, 0.29) is 5.92 Å². The zero-order valence-corrected chi connectivity index (χ0v) is 13.0. The Kier molecular flexibility index (Phi) is 3.58. The number of nitrogens with zero attached hydrogens (tertiary/aromatic N) is 3. The van der Waals surface area contributed by atoms with Gasteiger partial charge in [0.05, 0.1) is 16.4 Å². The molecule has 0 aliphatic heterocycles. The minimum atomic E-state index is -0.514. The zero-order valence-electron chi connectivity index (χ0n) is 12.2. The minimum absolute atomic E-state index is 0.261. The van der Waals surface area contributed by atoms with Gasteiger partial charge in [-0.25, -0.2) is 9.67 Å². The number of hydrogen-bond acceptors (Lipinski definition) is 3. The van der Waals surface area contributed by atoms with Gasteiger partial charge in [-0.15, -0.1) is 0 Å². The quantitative estimate of drug-likeness (QED) is 0.806. The van der Waals surface area contributed by atoms with Crippen molar-refractivity contribution in [3.63, 3.8) is 0 Å². The Bertz CT molecular complexity index is 870. The van der Waals surface area contributed by atoms with E-state index in [1.54, 1.807) is 29.1 Å². The summed E-state index contributed by atoms with van der Waals surface area (Å²) in [6.07, 6.45) is 1.72. The molecule has 0 unspecified atom stereocenters. The first-order valence-electron chi connectivity index (χ1n) is 6.92. The van der Waals surface area contributed by atoms with Crippen LogP contribution in [-0.4, -0.2) is 20.7 Å². The SMILES string of the molecule is CC(C)c1nn(-c2ccc(C(N)=O)cc2Cl)c2ncccc12. The van der Waals surface area contributed by atoms with Gasteiger partial charge < -0.3 is 5.73 Å². The minimum Gasteiger partial charge on any atom is -0.366 e. The molecular weight excluding hydrogens is 300 g/mol. The zero-order chi connectivity index (χ0) is 15.9. The predicted octanol–water partition coefficient (Wildman–Crippen LogP) is 3.30. The average molecular weight is 315 g/mol. The predicted molar refractivity (Wildman–Crippen MR) is 86.5 cm³/mol. The van der Waals surface area contributed by atoms with E-state index in [0.29, 0.717) is 16.3 Å². The maximum atomic E-state index is 11.2. The number of hydrogen-bond donors (Lipinski definition) is 1. The van der Waals surface area contributed by atoms with E-state index in [9.17, 15) is 4.79 Å². The number of primary amides is 1. The van der Waals surface area contributed by atoms with Crippen LogP contribution in [0.25, 0.3) is 16.7 Å². The molecule has 6 heteroatoms. The van der Waals surface area contributed by atoms with E-state index in [2.05, 4.69) is 23.9 Å². The van der Waals surface area contributed by atoms with Gasteiger partial charge in [0.15, 0.2) is 5.65 Å². The molecule has 0 fully saturated rings. The fourth-order valence-corrected chi connectivity index (χ4v) is 2.66. The van der Waals surface area contributed by atoms with Crippen molar-refractivity contribution in [1.82, 2.24) is 14.8 Å². The number of carbonyl (C=O) groups excluding carboxylic acids is 1. The number of benzene rings is 1. The first-order chi connectivity index (χ1) is 10.5. The number of nitrogens with two attached hydrogens (primary N) is 1. The molecule has 0 spiro atoms.